The summed E-state index contributed by atoms with van der Waals surface area (Å²) in [5, 5.41) is 8.94. The molecule has 0 bridgehead atoms. The second kappa shape index (κ2) is 6.02. The van der Waals surface area contributed by atoms with E-state index in [9.17, 15) is 0 Å². The van der Waals surface area contributed by atoms with Crippen molar-refractivity contribution in [3.05, 3.63) is 47.3 Å². The van der Waals surface area contributed by atoms with Gasteiger partial charge in [0.05, 0.1) is 7.11 Å². The fraction of sp³-hybridized carbons (Fsp3) is 0.267. The van der Waals surface area contributed by atoms with Crippen molar-refractivity contribution < 1.29 is 4.74 Å². The van der Waals surface area contributed by atoms with Crippen molar-refractivity contribution >= 4 is 5.95 Å². The molecule has 2 rings (SSSR count). The van der Waals surface area contributed by atoms with Crippen LogP contribution < -0.4 is 9.64 Å². The number of hydrogen-bond acceptors (Lipinski definition) is 5. The molecule has 102 valence electrons. The molecule has 0 radical (unpaired) electrons. The lowest BCUT2D eigenvalue weighted by Crippen LogP contribution is -2.19. The van der Waals surface area contributed by atoms with Crippen molar-refractivity contribution in [1.29, 1.82) is 5.26 Å². The van der Waals surface area contributed by atoms with Gasteiger partial charge in [-0.1, -0.05) is 12.1 Å². The van der Waals surface area contributed by atoms with E-state index in [-0.39, 0.29) is 0 Å². The molecule has 0 atom stereocenters. The summed E-state index contributed by atoms with van der Waals surface area (Å²) in [6.07, 6.45) is 0. The fourth-order valence-electron chi connectivity index (χ4n) is 1.86. The SMILES string of the molecule is COc1ccc(CN(C)c2nc(C)cc(C#N)n2)cc1. The van der Waals surface area contributed by atoms with Gasteiger partial charge >= 0.3 is 0 Å². The van der Waals surface area contributed by atoms with Crippen LogP contribution in [0.25, 0.3) is 0 Å². The molecule has 0 aliphatic heterocycles. The van der Waals surface area contributed by atoms with Gasteiger partial charge in [-0.3, -0.25) is 0 Å². The van der Waals surface area contributed by atoms with Gasteiger partial charge in [-0.05, 0) is 30.7 Å². The topological polar surface area (TPSA) is 62.0 Å². The van der Waals surface area contributed by atoms with E-state index in [0.29, 0.717) is 18.2 Å². The number of nitrogens with zero attached hydrogens (tertiary/aromatic N) is 4. The average Bonchev–Trinajstić information content (AvgIpc) is 2.47. The maximum atomic E-state index is 8.94. The van der Waals surface area contributed by atoms with Gasteiger partial charge in [-0.2, -0.15) is 5.26 Å². The first kappa shape index (κ1) is 13.8. The second-order valence-electron chi connectivity index (χ2n) is 4.51. The van der Waals surface area contributed by atoms with Crippen LogP contribution >= 0.6 is 0 Å². The minimum Gasteiger partial charge on any atom is -0.497 e. The van der Waals surface area contributed by atoms with Gasteiger partial charge in [0.1, 0.15) is 17.5 Å². The molecule has 0 saturated heterocycles. The predicted octanol–water partition coefficient (Wildman–Crippen LogP) is 2.30. The fourth-order valence-corrected chi connectivity index (χ4v) is 1.86. The van der Waals surface area contributed by atoms with Gasteiger partial charge in [0.15, 0.2) is 0 Å². The molecule has 0 N–H and O–H groups in total. The Morgan fingerprint density at radius 2 is 1.95 bits per heavy atom. The highest BCUT2D eigenvalue weighted by Gasteiger charge is 2.08. The first-order valence-corrected chi connectivity index (χ1v) is 6.22. The van der Waals surface area contributed by atoms with Crippen LogP contribution in [0.15, 0.2) is 30.3 Å². The summed E-state index contributed by atoms with van der Waals surface area (Å²) in [5.74, 6) is 1.38. The molecule has 20 heavy (non-hydrogen) atoms. The third kappa shape index (κ3) is 3.23. The van der Waals surface area contributed by atoms with Crippen molar-refractivity contribution in [3.8, 4) is 11.8 Å². The minimum absolute atomic E-state index is 0.383. The Balaban J connectivity index is 2.16. The number of aromatic nitrogens is 2. The smallest absolute Gasteiger partial charge is 0.226 e. The quantitative estimate of drug-likeness (QED) is 0.851. The Bertz CT molecular complexity index is 631. The Hall–Kier alpha value is -2.61. The van der Waals surface area contributed by atoms with Gasteiger partial charge < -0.3 is 9.64 Å². The van der Waals surface area contributed by atoms with E-state index in [4.69, 9.17) is 10.00 Å². The second-order valence-corrected chi connectivity index (χ2v) is 4.51. The number of benzene rings is 1. The molecule has 0 fully saturated rings. The normalized spacial score (nSPS) is 9.90. The van der Waals surface area contributed by atoms with Gasteiger partial charge in [0, 0.05) is 19.3 Å². The van der Waals surface area contributed by atoms with Crippen molar-refractivity contribution in [2.24, 2.45) is 0 Å². The summed E-state index contributed by atoms with van der Waals surface area (Å²) in [6, 6.07) is 11.5. The first-order valence-electron chi connectivity index (χ1n) is 6.22. The lowest BCUT2D eigenvalue weighted by molar-refractivity contribution is 0.414. The van der Waals surface area contributed by atoms with E-state index in [1.54, 1.807) is 13.2 Å². The summed E-state index contributed by atoms with van der Waals surface area (Å²) in [7, 11) is 3.55. The van der Waals surface area contributed by atoms with Crippen molar-refractivity contribution in [2.45, 2.75) is 13.5 Å². The summed E-state index contributed by atoms with van der Waals surface area (Å²) in [6.45, 7) is 2.52. The number of hydrogen-bond donors (Lipinski definition) is 0. The van der Waals surface area contributed by atoms with Crippen LogP contribution in [0.1, 0.15) is 17.0 Å². The van der Waals surface area contributed by atoms with Crippen LogP contribution in [0.2, 0.25) is 0 Å². The molecule has 1 aromatic heterocycles. The molecule has 0 aliphatic carbocycles. The van der Waals surface area contributed by atoms with Crippen LogP contribution in [-0.4, -0.2) is 24.1 Å². The van der Waals surface area contributed by atoms with E-state index in [0.717, 1.165) is 17.0 Å². The minimum atomic E-state index is 0.383. The lowest BCUT2D eigenvalue weighted by Gasteiger charge is -2.17. The molecule has 1 heterocycles. The standard InChI is InChI=1S/C15H16N4O/c1-11-8-13(9-16)18-15(17-11)19(2)10-12-4-6-14(20-3)7-5-12/h4-8H,10H2,1-3H3. The first-order chi connectivity index (χ1) is 9.62. The summed E-state index contributed by atoms with van der Waals surface area (Å²) in [4.78, 5) is 10.5. The number of methoxy groups -OCH3 is 1. The molecule has 0 aliphatic rings. The van der Waals surface area contributed by atoms with Crippen LogP contribution in [-0.2, 0) is 6.54 Å². The molecule has 5 nitrogen and oxygen atoms in total. The summed E-state index contributed by atoms with van der Waals surface area (Å²) >= 11 is 0. The Morgan fingerprint density at radius 1 is 1.25 bits per heavy atom. The molecule has 0 unspecified atom stereocenters. The molecule has 0 spiro atoms. The Labute approximate surface area is 118 Å². The number of rotatable bonds is 4. The zero-order chi connectivity index (χ0) is 14.5. The van der Waals surface area contributed by atoms with E-state index >= 15 is 0 Å². The van der Waals surface area contributed by atoms with E-state index in [1.807, 2.05) is 49.2 Å². The predicted molar refractivity (Wildman–Crippen MR) is 76.6 cm³/mol. The molecule has 1 aromatic carbocycles. The van der Waals surface area contributed by atoms with Gasteiger partial charge in [-0.25, -0.2) is 9.97 Å². The molecular weight excluding hydrogens is 252 g/mol. The third-order valence-corrected chi connectivity index (χ3v) is 2.88. The largest absolute Gasteiger partial charge is 0.497 e. The summed E-state index contributed by atoms with van der Waals surface area (Å²) in [5.41, 5.74) is 2.29. The maximum Gasteiger partial charge on any atom is 0.226 e. The Morgan fingerprint density at radius 3 is 2.55 bits per heavy atom. The molecule has 0 amide bonds. The summed E-state index contributed by atoms with van der Waals surface area (Å²) < 4.78 is 5.13. The highest BCUT2D eigenvalue weighted by atomic mass is 16.5. The van der Waals surface area contributed by atoms with E-state index < -0.39 is 0 Å². The maximum absolute atomic E-state index is 8.94. The van der Waals surface area contributed by atoms with Crippen LogP contribution in [0.4, 0.5) is 5.95 Å². The van der Waals surface area contributed by atoms with Gasteiger partial charge in [-0.15, -0.1) is 0 Å². The number of aryl methyl sites for hydroxylation is 1. The molecule has 2 aromatic rings. The highest BCUT2D eigenvalue weighted by Crippen LogP contribution is 2.15. The van der Waals surface area contributed by atoms with Crippen molar-refractivity contribution in [3.63, 3.8) is 0 Å². The Kier molecular flexibility index (Phi) is 4.16. The highest BCUT2D eigenvalue weighted by molar-refractivity contribution is 5.37. The van der Waals surface area contributed by atoms with Crippen molar-refractivity contribution in [1.82, 2.24) is 9.97 Å². The number of nitriles is 1. The lowest BCUT2D eigenvalue weighted by atomic mass is 10.2. The monoisotopic (exact) mass is 268 g/mol. The zero-order valence-electron chi connectivity index (χ0n) is 11.8. The van der Waals surface area contributed by atoms with E-state index in [2.05, 4.69) is 9.97 Å². The molecule has 0 saturated carbocycles. The van der Waals surface area contributed by atoms with Crippen LogP contribution in [0.3, 0.4) is 0 Å². The number of ether oxygens (including phenoxy) is 1. The van der Waals surface area contributed by atoms with Crippen LogP contribution in [0.5, 0.6) is 5.75 Å². The molecular formula is C15H16N4O. The van der Waals surface area contributed by atoms with E-state index in [1.165, 1.54) is 0 Å². The van der Waals surface area contributed by atoms with Crippen LogP contribution in [0, 0.1) is 18.3 Å². The van der Waals surface area contributed by atoms with Gasteiger partial charge in [0.2, 0.25) is 5.95 Å². The van der Waals surface area contributed by atoms with Gasteiger partial charge in [0.25, 0.3) is 0 Å². The number of anilines is 1. The van der Waals surface area contributed by atoms with Crippen molar-refractivity contribution in [2.75, 3.05) is 19.1 Å². The molecule has 5 heteroatoms. The third-order valence-electron chi connectivity index (χ3n) is 2.88. The average molecular weight is 268 g/mol. The zero-order valence-corrected chi connectivity index (χ0v) is 11.8.